The lowest BCUT2D eigenvalue weighted by atomic mass is 9.41. The van der Waals surface area contributed by atoms with Crippen LogP contribution in [0, 0.1) is 45.3 Å². The Morgan fingerprint density at radius 1 is 1.06 bits per heavy atom. The molecular formula is C30H42O3. The molecule has 0 unspecified atom stereocenters. The number of cyclic esters (lactones) is 1. The van der Waals surface area contributed by atoms with Crippen LogP contribution in [0.15, 0.2) is 35.1 Å². The molecular weight excluding hydrogens is 408 g/mol. The summed E-state index contributed by atoms with van der Waals surface area (Å²) in [4.78, 5) is 24.6. The van der Waals surface area contributed by atoms with Gasteiger partial charge in [-0.05, 0) is 97.5 Å². The Morgan fingerprint density at radius 2 is 1.79 bits per heavy atom. The predicted octanol–water partition coefficient (Wildman–Crippen LogP) is 7.18. The fourth-order valence-corrected chi connectivity index (χ4v) is 9.34. The number of hydrogen-bond acceptors (Lipinski definition) is 3. The first kappa shape index (κ1) is 23.1. The Kier molecular flexibility index (Phi) is 5.03. The van der Waals surface area contributed by atoms with Gasteiger partial charge in [0.25, 0.3) is 0 Å². The summed E-state index contributed by atoms with van der Waals surface area (Å²) in [6.45, 7) is 16.2. The van der Waals surface area contributed by atoms with Crippen molar-refractivity contribution >= 4 is 11.8 Å². The number of allylic oxidation sites excluding steroid dienone is 4. The summed E-state index contributed by atoms with van der Waals surface area (Å²) in [6.07, 6.45) is 14.5. The van der Waals surface area contributed by atoms with E-state index in [1.54, 1.807) is 5.57 Å². The van der Waals surface area contributed by atoms with Crippen molar-refractivity contribution in [2.24, 2.45) is 45.3 Å². The number of ketones is 1. The van der Waals surface area contributed by atoms with E-state index in [4.69, 9.17) is 4.74 Å². The van der Waals surface area contributed by atoms with Crippen molar-refractivity contribution < 1.29 is 14.3 Å². The first-order chi connectivity index (χ1) is 15.3. The molecule has 180 valence electrons. The van der Waals surface area contributed by atoms with Crippen molar-refractivity contribution in [2.45, 2.75) is 93.4 Å². The van der Waals surface area contributed by atoms with Crippen LogP contribution in [-0.2, 0) is 14.3 Å². The first-order valence-corrected chi connectivity index (χ1v) is 13.2. The number of rotatable bonds is 2. The molecule has 0 aromatic heterocycles. The second kappa shape index (κ2) is 7.18. The number of carbonyl (C=O) groups excluding carboxylic acids is 2. The molecule has 3 saturated carbocycles. The molecule has 0 aromatic carbocycles. The number of carbonyl (C=O) groups is 2. The lowest BCUT2D eigenvalue weighted by Gasteiger charge is -2.63. The van der Waals surface area contributed by atoms with Crippen LogP contribution in [0.2, 0.25) is 0 Å². The van der Waals surface area contributed by atoms with Crippen LogP contribution in [0.4, 0.5) is 0 Å². The Hall–Kier alpha value is -1.64. The number of hydrogen-bond donors (Lipinski definition) is 0. The quantitative estimate of drug-likeness (QED) is 0.330. The zero-order chi connectivity index (χ0) is 24.0. The highest BCUT2D eigenvalue weighted by Crippen LogP contribution is 2.73. The Morgan fingerprint density at radius 3 is 2.45 bits per heavy atom. The summed E-state index contributed by atoms with van der Waals surface area (Å²) in [5.74, 6) is 3.01. The lowest BCUT2D eigenvalue weighted by Crippen LogP contribution is -2.57. The molecule has 3 heteroatoms. The number of ether oxygens (including phenoxy) is 1. The van der Waals surface area contributed by atoms with Crippen LogP contribution in [0.1, 0.15) is 93.4 Å². The monoisotopic (exact) mass is 450 g/mol. The minimum Gasteiger partial charge on any atom is -0.423 e. The minimum absolute atomic E-state index is 0.208. The van der Waals surface area contributed by atoms with Crippen molar-refractivity contribution in [3.8, 4) is 0 Å². The second-order valence-electron chi connectivity index (χ2n) is 13.2. The van der Waals surface area contributed by atoms with Crippen LogP contribution in [0.5, 0.6) is 0 Å². The van der Waals surface area contributed by atoms with E-state index in [2.05, 4.69) is 53.7 Å². The summed E-state index contributed by atoms with van der Waals surface area (Å²) in [5.41, 5.74) is 2.89. The molecule has 0 amide bonds. The SMILES string of the molecule is CC1=CC(=C[C@@H](C)[C@H]2CC[C@@]3(C)C4=CC[C@H]5C(C)(C)C(=O)CC[C@]5(C)[C@@H]4CC[C@]23C)OC1=O. The molecule has 3 nitrogen and oxygen atoms in total. The van der Waals surface area contributed by atoms with Gasteiger partial charge in [-0.3, -0.25) is 4.79 Å². The maximum absolute atomic E-state index is 12.8. The van der Waals surface area contributed by atoms with Gasteiger partial charge in [0.1, 0.15) is 11.5 Å². The van der Waals surface area contributed by atoms with Gasteiger partial charge in [0.05, 0.1) is 0 Å². The average molecular weight is 451 g/mol. The molecule has 0 saturated heterocycles. The van der Waals surface area contributed by atoms with E-state index in [0.29, 0.717) is 35.0 Å². The summed E-state index contributed by atoms with van der Waals surface area (Å²) >= 11 is 0. The van der Waals surface area contributed by atoms with Gasteiger partial charge < -0.3 is 4.74 Å². The van der Waals surface area contributed by atoms with E-state index < -0.39 is 0 Å². The largest absolute Gasteiger partial charge is 0.423 e. The fourth-order valence-electron chi connectivity index (χ4n) is 9.34. The van der Waals surface area contributed by atoms with Gasteiger partial charge in [0.2, 0.25) is 0 Å². The summed E-state index contributed by atoms with van der Waals surface area (Å²) in [5, 5.41) is 0. The van der Waals surface area contributed by atoms with Crippen LogP contribution in [-0.4, -0.2) is 11.8 Å². The number of fused-ring (bicyclic) bond motifs is 5. The van der Waals surface area contributed by atoms with Crippen LogP contribution < -0.4 is 0 Å². The second-order valence-corrected chi connectivity index (χ2v) is 13.2. The molecule has 0 spiro atoms. The van der Waals surface area contributed by atoms with E-state index >= 15 is 0 Å². The summed E-state index contributed by atoms with van der Waals surface area (Å²) in [7, 11) is 0. The third-order valence-corrected chi connectivity index (χ3v) is 11.6. The topological polar surface area (TPSA) is 43.4 Å². The number of esters is 1. The van der Waals surface area contributed by atoms with Gasteiger partial charge in [0, 0.05) is 17.4 Å². The predicted molar refractivity (Wildman–Crippen MR) is 131 cm³/mol. The first-order valence-electron chi connectivity index (χ1n) is 13.2. The standard InChI is InChI=1S/C30H42O3/c1-18(16-20-17-19(2)26(32)33-20)21-10-14-30(7)23-8-9-24-27(3,4)25(31)12-13-28(24,5)22(23)11-15-29(21,30)6/h8,16-18,21-22,24H,9-15H2,1-7H3/t18-,21-,22-,24+,28-,29-,30+/m1/s1. The molecule has 0 radical (unpaired) electrons. The molecule has 7 atom stereocenters. The minimum atomic E-state index is -0.208. The van der Waals surface area contributed by atoms with Gasteiger partial charge in [-0.2, -0.15) is 0 Å². The Balaban J connectivity index is 1.47. The highest BCUT2D eigenvalue weighted by Gasteiger charge is 2.65. The molecule has 0 N–H and O–H groups in total. The summed E-state index contributed by atoms with van der Waals surface area (Å²) < 4.78 is 5.48. The smallest absolute Gasteiger partial charge is 0.339 e. The lowest BCUT2D eigenvalue weighted by molar-refractivity contribution is -0.146. The molecule has 5 aliphatic rings. The molecule has 4 aliphatic carbocycles. The fraction of sp³-hybridized carbons (Fsp3) is 0.733. The molecule has 3 fully saturated rings. The van der Waals surface area contributed by atoms with E-state index in [-0.39, 0.29) is 27.6 Å². The normalized spacial score (nSPS) is 46.2. The molecule has 0 aromatic rings. The van der Waals surface area contributed by atoms with Gasteiger partial charge in [-0.1, -0.05) is 53.2 Å². The Bertz CT molecular complexity index is 996. The maximum atomic E-state index is 12.8. The third kappa shape index (κ3) is 2.99. The van der Waals surface area contributed by atoms with E-state index in [1.807, 2.05) is 13.0 Å². The molecule has 33 heavy (non-hydrogen) atoms. The zero-order valence-electron chi connectivity index (χ0n) is 21.7. The van der Waals surface area contributed by atoms with Crippen molar-refractivity contribution in [3.63, 3.8) is 0 Å². The van der Waals surface area contributed by atoms with Gasteiger partial charge in [0.15, 0.2) is 0 Å². The van der Waals surface area contributed by atoms with E-state index in [1.165, 1.54) is 25.7 Å². The highest BCUT2D eigenvalue weighted by molar-refractivity contribution is 5.92. The van der Waals surface area contributed by atoms with E-state index in [9.17, 15) is 9.59 Å². The average Bonchev–Trinajstić information content (AvgIpc) is 3.20. The summed E-state index contributed by atoms with van der Waals surface area (Å²) in [6, 6.07) is 0. The molecule has 5 rings (SSSR count). The van der Waals surface area contributed by atoms with Crippen molar-refractivity contribution in [2.75, 3.05) is 0 Å². The maximum Gasteiger partial charge on any atom is 0.339 e. The van der Waals surface area contributed by atoms with Crippen LogP contribution >= 0.6 is 0 Å². The van der Waals surface area contributed by atoms with Crippen molar-refractivity contribution in [1.29, 1.82) is 0 Å². The molecule has 1 heterocycles. The van der Waals surface area contributed by atoms with Crippen LogP contribution in [0.25, 0.3) is 0 Å². The van der Waals surface area contributed by atoms with Gasteiger partial charge >= 0.3 is 5.97 Å². The zero-order valence-corrected chi connectivity index (χ0v) is 21.7. The van der Waals surface area contributed by atoms with Crippen LogP contribution in [0.3, 0.4) is 0 Å². The van der Waals surface area contributed by atoms with Crippen molar-refractivity contribution in [3.05, 3.63) is 35.1 Å². The molecule has 0 bridgehead atoms. The Labute approximate surface area is 200 Å². The van der Waals surface area contributed by atoms with Crippen molar-refractivity contribution in [1.82, 2.24) is 0 Å². The molecule has 1 aliphatic heterocycles. The van der Waals surface area contributed by atoms with Gasteiger partial charge in [-0.15, -0.1) is 0 Å². The third-order valence-electron chi connectivity index (χ3n) is 11.6. The highest BCUT2D eigenvalue weighted by atomic mass is 16.5. The van der Waals surface area contributed by atoms with Gasteiger partial charge in [-0.25, -0.2) is 4.79 Å². The number of Topliss-reactive ketones (excluding diaryl/α,β-unsaturated/α-hetero) is 1. The van der Waals surface area contributed by atoms with E-state index in [0.717, 1.165) is 25.0 Å².